The van der Waals surface area contributed by atoms with E-state index in [9.17, 15) is 9.18 Å². The zero-order chi connectivity index (χ0) is 17.6. The number of hydrogen-bond donors (Lipinski definition) is 0. The van der Waals surface area contributed by atoms with Crippen LogP contribution in [0.15, 0.2) is 35.3 Å². The fourth-order valence-corrected chi connectivity index (χ4v) is 4.04. The molecule has 3 aromatic rings. The Hall–Kier alpha value is -2.38. The molecule has 1 amide bonds. The van der Waals surface area contributed by atoms with Gasteiger partial charge in [-0.05, 0) is 19.1 Å². The molecule has 128 valence electrons. The molecule has 1 aromatic heterocycles. The molecule has 0 bridgehead atoms. The van der Waals surface area contributed by atoms with Crippen LogP contribution in [0.3, 0.4) is 0 Å². The number of thiazole rings is 1. The van der Waals surface area contributed by atoms with Gasteiger partial charge in [0.15, 0.2) is 16.3 Å². The predicted octanol–water partition coefficient (Wildman–Crippen LogP) is 3.99. The maximum Gasteiger partial charge on any atom is 0.284 e. The van der Waals surface area contributed by atoms with Crippen molar-refractivity contribution in [3.05, 3.63) is 51.5 Å². The standard InChI is InChI=1S/C17H12ClFN2O3S/c1-2-21-11-6-12-13(24-8-23-12)7-14(11)25-17(21)20-16(22)15-9(18)4-3-5-10(15)19/h3-7H,2,8H2,1H3. The third-order valence-corrected chi connectivity index (χ3v) is 5.22. The first-order valence-electron chi connectivity index (χ1n) is 7.54. The van der Waals surface area contributed by atoms with Gasteiger partial charge in [-0.3, -0.25) is 4.79 Å². The number of ether oxygens (including phenoxy) is 2. The van der Waals surface area contributed by atoms with Gasteiger partial charge in [0.1, 0.15) is 5.82 Å². The van der Waals surface area contributed by atoms with Crippen molar-refractivity contribution < 1.29 is 18.7 Å². The first-order valence-corrected chi connectivity index (χ1v) is 8.74. The van der Waals surface area contributed by atoms with Crippen LogP contribution in [-0.4, -0.2) is 17.3 Å². The number of aromatic nitrogens is 1. The summed E-state index contributed by atoms with van der Waals surface area (Å²) in [5, 5.41) is 0.0405. The van der Waals surface area contributed by atoms with Gasteiger partial charge in [0.25, 0.3) is 5.91 Å². The highest BCUT2D eigenvalue weighted by Crippen LogP contribution is 2.37. The van der Waals surface area contributed by atoms with Crippen LogP contribution >= 0.6 is 22.9 Å². The van der Waals surface area contributed by atoms with E-state index in [4.69, 9.17) is 21.1 Å². The highest BCUT2D eigenvalue weighted by Gasteiger charge is 2.19. The molecule has 0 saturated carbocycles. The van der Waals surface area contributed by atoms with Crippen LogP contribution in [0.1, 0.15) is 17.3 Å². The minimum Gasteiger partial charge on any atom is -0.454 e. The fourth-order valence-electron chi connectivity index (χ4n) is 2.70. The number of nitrogens with zero attached hydrogens (tertiary/aromatic N) is 2. The van der Waals surface area contributed by atoms with Gasteiger partial charge < -0.3 is 14.0 Å². The number of carbonyl (C=O) groups is 1. The van der Waals surface area contributed by atoms with Crippen LogP contribution in [0, 0.1) is 5.82 Å². The third-order valence-electron chi connectivity index (χ3n) is 3.87. The average Bonchev–Trinajstić information content (AvgIpc) is 3.15. The first-order chi connectivity index (χ1) is 12.1. The Balaban J connectivity index is 1.89. The highest BCUT2D eigenvalue weighted by atomic mass is 35.5. The lowest BCUT2D eigenvalue weighted by Gasteiger charge is -2.02. The SMILES string of the molecule is CCn1c(=NC(=O)c2c(F)cccc2Cl)sc2cc3c(cc21)OCO3. The molecule has 5 nitrogen and oxygen atoms in total. The van der Waals surface area contributed by atoms with E-state index in [0.29, 0.717) is 22.8 Å². The molecule has 0 fully saturated rings. The van der Waals surface area contributed by atoms with E-state index in [1.54, 1.807) is 0 Å². The molecule has 8 heteroatoms. The molecule has 0 atom stereocenters. The average molecular weight is 379 g/mol. The largest absolute Gasteiger partial charge is 0.454 e. The first kappa shape index (κ1) is 16.1. The lowest BCUT2D eigenvalue weighted by atomic mass is 10.2. The summed E-state index contributed by atoms with van der Waals surface area (Å²) >= 11 is 7.28. The number of fused-ring (bicyclic) bond motifs is 2. The van der Waals surface area contributed by atoms with Gasteiger partial charge >= 0.3 is 0 Å². The second-order valence-electron chi connectivity index (χ2n) is 5.32. The Kier molecular flexibility index (Phi) is 3.97. The zero-order valence-corrected chi connectivity index (χ0v) is 14.7. The molecule has 0 aliphatic carbocycles. The molecule has 25 heavy (non-hydrogen) atoms. The van der Waals surface area contributed by atoms with Crippen molar-refractivity contribution in [1.29, 1.82) is 0 Å². The van der Waals surface area contributed by atoms with Crippen LogP contribution in [0.2, 0.25) is 5.02 Å². The van der Waals surface area contributed by atoms with E-state index < -0.39 is 11.7 Å². The van der Waals surface area contributed by atoms with E-state index >= 15 is 0 Å². The minimum absolute atomic E-state index is 0.0405. The van der Waals surface area contributed by atoms with Gasteiger partial charge in [-0.25, -0.2) is 4.39 Å². The van der Waals surface area contributed by atoms with E-state index in [2.05, 4.69) is 4.99 Å². The maximum absolute atomic E-state index is 13.9. The summed E-state index contributed by atoms with van der Waals surface area (Å²) < 4.78 is 27.5. The quantitative estimate of drug-likeness (QED) is 0.677. The predicted molar refractivity (Wildman–Crippen MR) is 92.9 cm³/mol. The number of aryl methyl sites for hydroxylation is 1. The molecule has 0 radical (unpaired) electrons. The number of rotatable bonds is 2. The smallest absolute Gasteiger partial charge is 0.284 e. The van der Waals surface area contributed by atoms with Gasteiger partial charge in [-0.1, -0.05) is 29.0 Å². The number of carbonyl (C=O) groups excluding carboxylic acids is 1. The van der Waals surface area contributed by atoms with Gasteiger partial charge in [0.2, 0.25) is 6.79 Å². The normalized spacial score (nSPS) is 13.6. The van der Waals surface area contributed by atoms with Crippen LogP contribution in [0.25, 0.3) is 10.2 Å². The molecular formula is C17H12ClFN2O3S. The molecule has 0 spiro atoms. The third kappa shape index (κ3) is 2.69. The molecule has 0 unspecified atom stereocenters. The number of benzene rings is 2. The second-order valence-corrected chi connectivity index (χ2v) is 6.73. The van der Waals surface area contributed by atoms with E-state index in [1.807, 2.05) is 23.6 Å². The minimum atomic E-state index is -0.711. The van der Waals surface area contributed by atoms with Gasteiger partial charge in [0.05, 0.1) is 20.8 Å². The number of amides is 1. The molecule has 2 aromatic carbocycles. The second kappa shape index (κ2) is 6.16. The summed E-state index contributed by atoms with van der Waals surface area (Å²) in [6.45, 7) is 2.73. The molecule has 1 aliphatic heterocycles. The summed E-state index contributed by atoms with van der Waals surface area (Å²) in [5.74, 6) is -0.0855. The molecule has 2 heterocycles. The van der Waals surface area contributed by atoms with Crippen molar-refractivity contribution >= 4 is 39.1 Å². The Morgan fingerprint density at radius 2 is 2.12 bits per heavy atom. The van der Waals surface area contributed by atoms with Crippen molar-refractivity contribution in [2.24, 2.45) is 4.99 Å². The summed E-state index contributed by atoms with van der Waals surface area (Å²) in [6.07, 6.45) is 0. The Labute approximate surface area is 150 Å². The van der Waals surface area contributed by atoms with Crippen LogP contribution < -0.4 is 14.3 Å². The van der Waals surface area contributed by atoms with Gasteiger partial charge in [0, 0.05) is 18.7 Å². The van der Waals surface area contributed by atoms with Crippen molar-refractivity contribution in [2.45, 2.75) is 13.5 Å². The Bertz CT molecular complexity index is 1050. The Morgan fingerprint density at radius 1 is 1.36 bits per heavy atom. The summed E-state index contributed by atoms with van der Waals surface area (Å²) in [4.78, 5) is 17.0. The summed E-state index contributed by atoms with van der Waals surface area (Å²) in [7, 11) is 0. The van der Waals surface area contributed by atoms with Crippen molar-refractivity contribution in [3.63, 3.8) is 0 Å². The molecule has 0 N–H and O–H groups in total. The van der Waals surface area contributed by atoms with Gasteiger partial charge in [-0.2, -0.15) is 4.99 Å². The topological polar surface area (TPSA) is 52.8 Å². The molecule has 0 saturated heterocycles. The zero-order valence-electron chi connectivity index (χ0n) is 13.1. The molecule has 1 aliphatic rings. The van der Waals surface area contributed by atoms with Gasteiger partial charge in [-0.15, -0.1) is 0 Å². The van der Waals surface area contributed by atoms with Crippen molar-refractivity contribution in [3.8, 4) is 11.5 Å². The fraction of sp³-hybridized carbons (Fsp3) is 0.176. The number of hydrogen-bond acceptors (Lipinski definition) is 4. The summed E-state index contributed by atoms with van der Waals surface area (Å²) in [6, 6.07) is 7.81. The number of halogens is 2. The van der Waals surface area contributed by atoms with Crippen LogP contribution in [0.5, 0.6) is 11.5 Å². The maximum atomic E-state index is 13.9. The highest BCUT2D eigenvalue weighted by molar-refractivity contribution is 7.16. The molecular weight excluding hydrogens is 367 g/mol. The monoisotopic (exact) mass is 378 g/mol. The summed E-state index contributed by atoms with van der Waals surface area (Å²) in [5.41, 5.74) is 0.654. The van der Waals surface area contributed by atoms with E-state index in [-0.39, 0.29) is 17.4 Å². The van der Waals surface area contributed by atoms with Crippen LogP contribution in [-0.2, 0) is 6.54 Å². The lowest BCUT2D eigenvalue weighted by Crippen LogP contribution is -2.16. The van der Waals surface area contributed by atoms with Crippen molar-refractivity contribution in [1.82, 2.24) is 4.57 Å². The van der Waals surface area contributed by atoms with Crippen molar-refractivity contribution in [2.75, 3.05) is 6.79 Å². The van der Waals surface area contributed by atoms with Crippen LogP contribution in [0.4, 0.5) is 4.39 Å². The Morgan fingerprint density at radius 3 is 2.84 bits per heavy atom. The lowest BCUT2D eigenvalue weighted by molar-refractivity contribution is 0.0994. The van der Waals surface area contributed by atoms with E-state index in [1.165, 1.54) is 29.5 Å². The molecule has 4 rings (SSSR count). The van der Waals surface area contributed by atoms with E-state index in [0.717, 1.165) is 10.2 Å².